The average molecular weight is 215 g/mol. The fourth-order valence-corrected chi connectivity index (χ4v) is 1.10. The van der Waals surface area contributed by atoms with Gasteiger partial charge >= 0.3 is 11.8 Å². The van der Waals surface area contributed by atoms with Crippen molar-refractivity contribution in [3.63, 3.8) is 0 Å². The third kappa shape index (κ3) is 2.50. The predicted octanol–water partition coefficient (Wildman–Crippen LogP) is 1.06. The SMILES string of the molecule is O=C(O)C(F)(Cc1ccccc1)N(O)O. The van der Waals surface area contributed by atoms with Gasteiger partial charge in [-0.2, -0.15) is 0 Å². The average Bonchev–Trinajstić information content (AvgIpc) is 2.18. The first-order valence-electron chi connectivity index (χ1n) is 4.11. The Hall–Kier alpha value is -1.50. The number of carboxylic acids is 1. The van der Waals surface area contributed by atoms with Gasteiger partial charge in [0.05, 0.1) is 0 Å². The van der Waals surface area contributed by atoms with Crippen LogP contribution >= 0.6 is 0 Å². The Labute approximate surface area is 84.9 Å². The summed E-state index contributed by atoms with van der Waals surface area (Å²) in [5, 5.41) is 24.7. The molecule has 15 heavy (non-hydrogen) atoms. The van der Waals surface area contributed by atoms with Crippen molar-refractivity contribution >= 4 is 5.97 Å². The maximum absolute atomic E-state index is 13.5. The van der Waals surface area contributed by atoms with Gasteiger partial charge in [-0.15, -0.1) is 0 Å². The topological polar surface area (TPSA) is 81.0 Å². The number of rotatable bonds is 4. The van der Waals surface area contributed by atoms with Crippen LogP contribution in [-0.4, -0.2) is 32.5 Å². The second-order valence-corrected chi connectivity index (χ2v) is 3.02. The molecule has 0 spiro atoms. The van der Waals surface area contributed by atoms with Crippen LogP contribution in [0.5, 0.6) is 0 Å². The van der Waals surface area contributed by atoms with Crippen molar-refractivity contribution in [1.82, 2.24) is 5.23 Å². The van der Waals surface area contributed by atoms with Gasteiger partial charge in [0.25, 0.3) is 0 Å². The zero-order valence-corrected chi connectivity index (χ0v) is 7.67. The highest BCUT2D eigenvalue weighted by atomic mass is 19.1. The van der Waals surface area contributed by atoms with Gasteiger partial charge in [0.15, 0.2) is 0 Å². The number of alkyl halides is 1. The number of hydrogen-bond acceptors (Lipinski definition) is 4. The maximum atomic E-state index is 13.5. The molecule has 82 valence electrons. The smallest absolute Gasteiger partial charge is 0.362 e. The van der Waals surface area contributed by atoms with Gasteiger partial charge in [-0.1, -0.05) is 30.3 Å². The Morgan fingerprint density at radius 1 is 1.33 bits per heavy atom. The van der Waals surface area contributed by atoms with E-state index in [0.29, 0.717) is 5.56 Å². The third-order valence-corrected chi connectivity index (χ3v) is 1.93. The number of halogens is 1. The zero-order valence-electron chi connectivity index (χ0n) is 7.67. The van der Waals surface area contributed by atoms with Crippen molar-refractivity contribution < 1.29 is 24.7 Å². The van der Waals surface area contributed by atoms with E-state index in [0.717, 1.165) is 0 Å². The fraction of sp³-hybridized carbons (Fsp3) is 0.222. The first-order valence-corrected chi connectivity index (χ1v) is 4.11. The molecule has 0 aliphatic rings. The lowest BCUT2D eigenvalue weighted by Crippen LogP contribution is -2.49. The molecule has 0 aliphatic heterocycles. The minimum atomic E-state index is -3.23. The van der Waals surface area contributed by atoms with E-state index in [-0.39, 0.29) is 0 Å². The highest BCUT2D eigenvalue weighted by Crippen LogP contribution is 2.20. The molecule has 0 saturated carbocycles. The van der Waals surface area contributed by atoms with E-state index in [9.17, 15) is 9.18 Å². The van der Waals surface area contributed by atoms with Crippen molar-refractivity contribution in [2.75, 3.05) is 0 Å². The fourth-order valence-electron chi connectivity index (χ4n) is 1.10. The van der Waals surface area contributed by atoms with Crippen molar-refractivity contribution in [2.45, 2.75) is 12.2 Å². The molecule has 1 rings (SSSR count). The van der Waals surface area contributed by atoms with Crippen molar-refractivity contribution in [3.05, 3.63) is 35.9 Å². The number of carboxylic acid groups (broad SMARTS) is 1. The minimum absolute atomic E-state index is 0.343. The highest BCUT2D eigenvalue weighted by molar-refractivity contribution is 5.76. The second kappa shape index (κ2) is 4.35. The molecule has 0 aromatic heterocycles. The third-order valence-electron chi connectivity index (χ3n) is 1.93. The standard InChI is InChI=1S/C9H10FNO4/c10-9(8(12)13,11(14)15)6-7-4-2-1-3-5-7/h1-5,14-15H,6H2,(H,12,13). The summed E-state index contributed by atoms with van der Waals surface area (Å²) in [6.07, 6.45) is -0.657. The van der Waals surface area contributed by atoms with E-state index in [1.165, 1.54) is 12.1 Å². The van der Waals surface area contributed by atoms with Crippen LogP contribution in [0.4, 0.5) is 4.39 Å². The van der Waals surface area contributed by atoms with Crippen LogP contribution in [0.3, 0.4) is 0 Å². The lowest BCUT2D eigenvalue weighted by Gasteiger charge is -2.23. The molecule has 0 fully saturated rings. The lowest BCUT2D eigenvalue weighted by atomic mass is 10.0. The number of hydrogen-bond donors (Lipinski definition) is 3. The van der Waals surface area contributed by atoms with E-state index >= 15 is 0 Å². The van der Waals surface area contributed by atoms with E-state index in [2.05, 4.69) is 0 Å². The summed E-state index contributed by atoms with van der Waals surface area (Å²) in [4.78, 5) is 10.5. The summed E-state index contributed by atoms with van der Waals surface area (Å²) in [6, 6.07) is 7.84. The largest absolute Gasteiger partial charge is 0.478 e. The number of aliphatic carboxylic acids is 1. The molecule has 0 saturated heterocycles. The van der Waals surface area contributed by atoms with Crippen LogP contribution < -0.4 is 0 Å². The van der Waals surface area contributed by atoms with Gasteiger partial charge in [0.1, 0.15) is 0 Å². The molecule has 1 unspecified atom stereocenters. The Kier molecular flexibility index (Phi) is 3.35. The number of hydroxylamine groups is 2. The van der Waals surface area contributed by atoms with Crippen LogP contribution in [0.15, 0.2) is 30.3 Å². The molecule has 1 aromatic carbocycles. The van der Waals surface area contributed by atoms with Gasteiger partial charge in [0, 0.05) is 6.42 Å². The molecule has 5 nitrogen and oxygen atoms in total. The molecule has 3 N–H and O–H groups in total. The zero-order chi connectivity index (χ0) is 11.5. The summed E-state index contributed by atoms with van der Waals surface area (Å²) in [7, 11) is 0. The van der Waals surface area contributed by atoms with E-state index < -0.39 is 23.4 Å². The number of nitrogens with zero attached hydrogens (tertiary/aromatic N) is 1. The van der Waals surface area contributed by atoms with Crippen LogP contribution in [-0.2, 0) is 11.2 Å². The van der Waals surface area contributed by atoms with Crippen LogP contribution in [0.25, 0.3) is 0 Å². The van der Waals surface area contributed by atoms with Gasteiger partial charge in [0.2, 0.25) is 0 Å². The van der Waals surface area contributed by atoms with Crippen LogP contribution in [0.1, 0.15) is 5.56 Å². The normalized spacial score (nSPS) is 14.9. The van der Waals surface area contributed by atoms with Gasteiger partial charge in [-0.05, 0) is 10.8 Å². The van der Waals surface area contributed by atoms with Crippen LogP contribution in [0, 0.1) is 0 Å². The van der Waals surface area contributed by atoms with Gasteiger partial charge in [-0.25, -0.2) is 9.18 Å². The van der Waals surface area contributed by atoms with E-state index in [4.69, 9.17) is 15.5 Å². The Bertz CT molecular complexity index is 343. The van der Waals surface area contributed by atoms with Crippen molar-refractivity contribution in [2.24, 2.45) is 0 Å². The number of carbonyl (C=O) groups is 1. The summed E-state index contributed by atoms with van der Waals surface area (Å²) in [6.45, 7) is 0. The monoisotopic (exact) mass is 215 g/mol. The first-order chi connectivity index (χ1) is 6.97. The molecule has 0 bridgehead atoms. The molecule has 1 atom stereocenters. The second-order valence-electron chi connectivity index (χ2n) is 3.02. The molecular formula is C9H10FNO4. The molecule has 6 heteroatoms. The molecule has 0 aliphatic carbocycles. The molecule has 0 amide bonds. The van der Waals surface area contributed by atoms with E-state index in [1.807, 2.05) is 0 Å². The molecule has 0 heterocycles. The first kappa shape index (κ1) is 11.6. The van der Waals surface area contributed by atoms with Crippen molar-refractivity contribution in [1.29, 1.82) is 0 Å². The van der Waals surface area contributed by atoms with Gasteiger partial charge < -0.3 is 5.11 Å². The predicted molar refractivity (Wildman–Crippen MR) is 47.0 cm³/mol. The highest BCUT2D eigenvalue weighted by Gasteiger charge is 2.45. The van der Waals surface area contributed by atoms with Crippen LogP contribution in [0.2, 0.25) is 0 Å². The summed E-state index contributed by atoms with van der Waals surface area (Å²) < 4.78 is 13.5. The lowest BCUT2D eigenvalue weighted by molar-refractivity contribution is -0.384. The Balaban J connectivity index is 2.90. The Morgan fingerprint density at radius 2 is 1.87 bits per heavy atom. The number of benzene rings is 1. The summed E-state index contributed by atoms with van der Waals surface area (Å²) >= 11 is 0. The maximum Gasteiger partial charge on any atom is 0.362 e. The Morgan fingerprint density at radius 3 is 2.27 bits per heavy atom. The van der Waals surface area contributed by atoms with E-state index in [1.54, 1.807) is 18.2 Å². The summed E-state index contributed by atoms with van der Waals surface area (Å²) in [5.41, 5.74) is 0.343. The van der Waals surface area contributed by atoms with Gasteiger partial charge in [-0.3, -0.25) is 10.4 Å². The quantitative estimate of drug-likeness (QED) is 0.517. The minimum Gasteiger partial charge on any atom is -0.478 e. The molecule has 0 radical (unpaired) electrons. The molecular weight excluding hydrogens is 205 g/mol. The summed E-state index contributed by atoms with van der Waals surface area (Å²) in [5.74, 6) is -5.20. The molecule has 1 aromatic rings. The van der Waals surface area contributed by atoms with Crippen molar-refractivity contribution in [3.8, 4) is 0 Å².